The number of benzene rings is 2. The van der Waals surface area contributed by atoms with Crippen LogP contribution in [0.25, 0.3) is 0 Å². The Morgan fingerprint density at radius 1 is 1.03 bits per heavy atom. The molecule has 2 aromatic carbocycles. The first-order valence-corrected chi connectivity index (χ1v) is 13.6. The minimum absolute atomic E-state index is 0.101. The molecule has 0 bridgehead atoms. The van der Waals surface area contributed by atoms with Crippen LogP contribution in [0.2, 0.25) is 5.02 Å². The zero-order valence-corrected chi connectivity index (χ0v) is 21.1. The van der Waals surface area contributed by atoms with Crippen molar-refractivity contribution in [2.75, 3.05) is 39.4 Å². The summed E-state index contributed by atoms with van der Waals surface area (Å²) in [6, 6.07) is 12.5. The predicted octanol–water partition coefficient (Wildman–Crippen LogP) is 3.52. The molecule has 0 spiro atoms. The second kappa shape index (κ2) is 11.2. The number of halogens is 1. The average molecular weight is 506 g/mol. The Hall–Kier alpha value is -1.97. The highest BCUT2D eigenvalue weighted by atomic mass is 35.5. The van der Waals surface area contributed by atoms with Gasteiger partial charge in [0.15, 0.2) is 0 Å². The first-order chi connectivity index (χ1) is 16.3. The highest BCUT2D eigenvalue weighted by molar-refractivity contribution is 7.89. The SMILES string of the molecule is CC1CCN(S(=O)(=O)c2ccc(Cl)c(C(=O)NCc3ccc(CN4CCOCC4)cc3)c2)CC1. The van der Waals surface area contributed by atoms with Crippen molar-refractivity contribution >= 4 is 27.5 Å². The van der Waals surface area contributed by atoms with Gasteiger partial charge in [0, 0.05) is 39.3 Å². The van der Waals surface area contributed by atoms with Crippen LogP contribution in [-0.2, 0) is 27.8 Å². The van der Waals surface area contributed by atoms with Crippen molar-refractivity contribution in [1.29, 1.82) is 0 Å². The number of hydrogen-bond acceptors (Lipinski definition) is 5. The molecule has 0 saturated carbocycles. The summed E-state index contributed by atoms with van der Waals surface area (Å²) in [5, 5.41) is 3.09. The lowest BCUT2D eigenvalue weighted by Crippen LogP contribution is -2.38. The first-order valence-electron chi connectivity index (χ1n) is 11.8. The first kappa shape index (κ1) is 25.1. The Labute approximate surface area is 207 Å². The molecule has 4 rings (SSSR count). The van der Waals surface area contributed by atoms with Gasteiger partial charge in [0.2, 0.25) is 10.0 Å². The maximum atomic E-state index is 13.1. The third-order valence-electron chi connectivity index (χ3n) is 6.55. The Morgan fingerprint density at radius 2 is 1.68 bits per heavy atom. The van der Waals surface area contributed by atoms with Gasteiger partial charge in [0.25, 0.3) is 5.91 Å². The van der Waals surface area contributed by atoms with Crippen LogP contribution in [-0.4, -0.2) is 62.9 Å². The molecule has 2 fully saturated rings. The lowest BCUT2D eigenvalue weighted by atomic mass is 10.0. The molecule has 0 atom stereocenters. The monoisotopic (exact) mass is 505 g/mol. The standard InChI is InChI=1S/C25H32ClN3O4S/c1-19-8-10-29(11-9-19)34(31,32)22-6-7-24(26)23(16-22)25(30)27-17-20-2-4-21(5-3-20)18-28-12-14-33-15-13-28/h2-7,16,19H,8-15,17-18H2,1H3,(H,27,30). The van der Waals surface area contributed by atoms with Crippen LogP contribution >= 0.6 is 11.6 Å². The number of piperidine rings is 1. The minimum atomic E-state index is -3.66. The number of carbonyl (C=O) groups is 1. The Kier molecular flexibility index (Phi) is 8.26. The molecule has 2 heterocycles. The van der Waals surface area contributed by atoms with Crippen molar-refractivity contribution in [3.8, 4) is 0 Å². The van der Waals surface area contributed by atoms with Crippen LogP contribution in [0, 0.1) is 5.92 Å². The highest BCUT2D eigenvalue weighted by Crippen LogP contribution is 2.26. The van der Waals surface area contributed by atoms with Crippen molar-refractivity contribution in [3.05, 3.63) is 64.2 Å². The predicted molar refractivity (Wildman–Crippen MR) is 132 cm³/mol. The maximum Gasteiger partial charge on any atom is 0.253 e. The highest BCUT2D eigenvalue weighted by Gasteiger charge is 2.29. The van der Waals surface area contributed by atoms with Crippen molar-refractivity contribution in [2.45, 2.75) is 37.8 Å². The summed E-state index contributed by atoms with van der Waals surface area (Å²) in [5.41, 5.74) is 2.34. The van der Waals surface area contributed by atoms with Gasteiger partial charge < -0.3 is 10.1 Å². The second-order valence-electron chi connectivity index (χ2n) is 9.12. The summed E-state index contributed by atoms with van der Waals surface area (Å²) in [4.78, 5) is 15.3. The molecule has 2 aliphatic rings. The minimum Gasteiger partial charge on any atom is -0.379 e. The third kappa shape index (κ3) is 6.17. The van der Waals surface area contributed by atoms with E-state index in [4.69, 9.17) is 16.3 Å². The molecule has 34 heavy (non-hydrogen) atoms. The van der Waals surface area contributed by atoms with Crippen LogP contribution in [0.3, 0.4) is 0 Å². The molecule has 0 unspecified atom stereocenters. The number of ether oxygens (including phenoxy) is 1. The van der Waals surface area contributed by atoms with Crippen LogP contribution in [0.1, 0.15) is 41.3 Å². The molecular formula is C25H32ClN3O4S. The van der Waals surface area contributed by atoms with E-state index in [-0.39, 0.29) is 15.5 Å². The largest absolute Gasteiger partial charge is 0.379 e. The number of carbonyl (C=O) groups excluding carboxylic acids is 1. The molecule has 0 radical (unpaired) electrons. The van der Waals surface area contributed by atoms with E-state index in [1.54, 1.807) is 0 Å². The molecule has 2 aliphatic heterocycles. The van der Waals surface area contributed by atoms with Crippen LogP contribution in [0.4, 0.5) is 0 Å². The van der Waals surface area contributed by atoms with Gasteiger partial charge in [-0.2, -0.15) is 4.31 Å². The molecule has 0 aliphatic carbocycles. The number of hydrogen-bond donors (Lipinski definition) is 1. The molecule has 9 heteroatoms. The van der Waals surface area contributed by atoms with E-state index >= 15 is 0 Å². The van der Waals surface area contributed by atoms with E-state index < -0.39 is 15.9 Å². The number of nitrogens with zero attached hydrogens (tertiary/aromatic N) is 2. The van der Waals surface area contributed by atoms with Gasteiger partial charge >= 0.3 is 0 Å². The van der Waals surface area contributed by atoms with E-state index in [0.717, 1.165) is 51.3 Å². The van der Waals surface area contributed by atoms with Gasteiger partial charge in [-0.15, -0.1) is 0 Å². The van der Waals surface area contributed by atoms with Gasteiger partial charge in [-0.3, -0.25) is 9.69 Å². The molecule has 1 N–H and O–H groups in total. The van der Waals surface area contributed by atoms with Gasteiger partial charge in [-0.25, -0.2) is 8.42 Å². The Balaban J connectivity index is 1.38. The summed E-state index contributed by atoms with van der Waals surface area (Å²) in [7, 11) is -3.66. The summed E-state index contributed by atoms with van der Waals surface area (Å²) in [6.45, 7) is 7.74. The molecule has 0 aromatic heterocycles. The number of nitrogens with one attached hydrogen (secondary N) is 1. The zero-order chi connectivity index (χ0) is 24.1. The molecule has 2 aromatic rings. The van der Waals surface area contributed by atoms with Crippen LogP contribution < -0.4 is 5.32 Å². The molecule has 184 valence electrons. The van der Waals surface area contributed by atoms with Gasteiger partial charge in [0.05, 0.1) is 28.7 Å². The number of amides is 1. The van der Waals surface area contributed by atoms with Crippen molar-refractivity contribution < 1.29 is 17.9 Å². The number of sulfonamides is 1. The Bertz CT molecular complexity index is 1090. The van der Waals surface area contributed by atoms with Gasteiger partial charge in [-0.05, 0) is 48.1 Å². The third-order valence-corrected chi connectivity index (χ3v) is 8.77. The fraction of sp³-hybridized carbons (Fsp3) is 0.480. The zero-order valence-electron chi connectivity index (χ0n) is 19.5. The molecule has 2 saturated heterocycles. The lowest BCUT2D eigenvalue weighted by Gasteiger charge is -2.29. The molecule has 1 amide bonds. The summed E-state index contributed by atoms with van der Waals surface area (Å²) >= 11 is 6.26. The molecule has 7 nitrogen and oxygen atoms in total. The van der Waals surface area contributed by atoms with Crippen molar-refractivity contribution in [3.63, 3.8) is 0 Å². The van der Waals surface area contributed by atoms with Crippen molar-refractivity contribution in [1.82, 2.24) is 14.5 Å². The smallest absolute Gasteiger partial charge is 0.253 e. The summed E-state index contributed by atoms with van der Waals surface area (Å²) in [6.07, 6.45) is 1.68. The summed E-state index contributed by atoms with van der Waals surface area (Å²) in [5.74, 6) is 0.123. The van der Waals surface area contributed by atoms with Crippen LogP contribution in [0.5, 0.6) is 0 Å². The normalized spacial score (nSPS) is 18.6. The Morgan fingerprint density at radius 3 is 2.35 bits per heavy atom. The maximum absolute atomic E-state index is 13.1. The van der Waals surface area contributed by atoms with E-state index in [0.29, 0.717) is 25.6 Å². The topological polar surface area (TPSA) is 79.0 Å². The van der Waals surface area contributed by atoms with E-state index in [9.17, 15) is 13.2 Å². The van der Waals surface area contributed by atoms with E-state index in [1.807, 2.05) is 12.1 Å². The van der Waals surface area contributed by atoms with Gasteiger partial charge in [0.1, 0.15) is 0 Å². The summed E-state index contributed by atoms with van der Waals surface area (Å²) < 4.78 is 33.0. The van der Waals surface area contributed by atoms with Crippen molar-refractivity contribution in [2.24, 2.45) is 5.92 Å². The average Bonchev–Trinajstić information content (AvgIpc) is 2.84. The second-order valence-corrected chi connectivity index (χ2v) is 11.5. The van der Waals surface area contributed by atoms with E-state index in [1.165, 1.54) is 28.1 Å². The quantitative estimate of drug-likeness (QED) is 0.623. The number of morpholine rings is 1. The van der Waals surface area contributed by atoms with Gasteiger partial charge in [-0.1, -0.05) is 42.8 Å². The lowest BCUT2D eigenvalue weighted by molar-refractivity contribution is 0.0342. The number of rotatable bonds is 7. The fourth-order valence-corrected chi connectivity index (χ4v) is 5.97. The van der Waals surface area contributed by atoms with Crippen LogP contribution in [0.15, 0.2) is 47.4 Å². The van der Waals surface area contributed by atoms with E-state index in [2.05, 4.69) is 29.3 Å². The molecular weight excluding hydrogens is 474 g/mol. The fourth-order valence-electron chi connectivity index (χ4n) is 4.27.